The lowest BCUT2D eigenvalue weighted by atomic mass is 10.0. The highest BCUT2D eigenvalue weighted by molar-refractivity contribution is 6.32. The number of benzene rings is 1. The number of carbonyl (C=O) groups is 1. The van der Waals surface area contributed by atoms with Crippen LogP contribution < -0.4 is 20.3 Å². The number of likely N-dealkylation sites (N-methyl/N-ethyl adjacent to an activating group) is 1. The number of nitrogens with one attached hydrogen (secondary N) is 1. The number of rotatable bonds is 6. The molecular formula is C19H18Cl2N4O4. The van der Waals surface area contributed by atoms with E-state index in [1.165, 1.54) is 24.9 Å². The van der Waals surface area contributed by atoms with Crippen LogP contribution in [0.3, 0.4) is 0 Å². The van der Waals surface area contributed by atoms with Crippen LogP contribution in [0.1, 0.15) is 11.3 Å². The van der Waals surface area contributed by atoms with Gasteiger partial charge in [-0.2, -0.15) is 0 Å². The lowest BCUT2D eigenvalue weighted by Crippen LogP contribution is -2.27. The minimum atomic E-state index is -0.377. The van der Waals surface area contributed by atoms with Crippen molar-refractivity contribution in [3.8, 4) is 11.5 Å². The molecule has 3 rings (SSSR count). The van der Waals surface area contributed by atoms with Gasteiger partial charge in [0.1, 0.15) is 5.75 Å². The van der Waals surface area contributed by atoms with Crippen LogP contribution in [0.15, 0.2) is 29.2 Å². The molecule has 0 bridgehead atoms. The van der Waals surface area contributed by atoms with Gasteiger partial charge in [-0.15, -0.1) is 0 Å². The van der Waals surface area contributed by atoms with E-state index in [1.807, 2.05) is 6.07 Å². The zero-order valence-corrected chi connectivity index (χ0v) is 17.5. The van der Waals surface area contributed by atoms with Crippen molar-refractivity contribution in [3.05, 3.63) is 56.3 Å². The topological polar surface area (TPSA) is 95.3 Å². The third kappa shape index (κ3) is 4.44. The number of hydrogen-bond acceptors (Lipinski definition) is 6. The lowest BCUT2D eigenvalue weighted by Gasteiger charge is -2.15. The van der Waals surface area contributed by atoms with E-state index < -0.39 is 0 Å². The summed E-state index contributed by atoms with van der Waals surface area (Å²) >= 11 is 12.1. The third-order valence-electron chi connectivity index (χ3n) is 4.32. The smallest absolute Gasteiger partial charge is 0.293 e. The van der Waals surface area contributed by atoms with E-state index in [1.54, 1.807) is 19.2 Å². The summed E-state index contributed by atoms with van der Waals surface area (Å²) in [5.41, 5.74) is 1.62. The summed E-state index contributed by atoms with van der Waals surface area (Å²) in [6.07, 6.45) is 1.82. The van der Waals surface area contributed by atoms with E-state index in [9.17, 15) is 9.59 Å². The van der Waals surface area contributed by atoms with Gasteiger partial charge in [0.15, 0.2) is 12.4 Å². The minimum Gasteiger partial charge on any atom is -0.495 e. The highest BCUT2D eigenvalue weighted by Crippen LogP contribution is 2.30. The summed E-state index contributed by atoms with van der Waals surface area (Å²) in [6, 6.07) is 5.26. The average molecular weight is 437 g/mol. The van der Waals surface area contributed by atoms with Crippen LogP contribution in [0.25, 0.3) is 10.9 Å². The maximum Gasteiger partial charge on any atom is 0.293 e. The van der Waals surface area contributed by atoms with Crippen LogP contribution >= 0.6 is 23.2 Å². The van der Waals surface area contributed by atoms with E-state index in [0.29, 0.717) is 33.8 Å². The molecule has 1 N–H and O–H groups in total. The molecule has 3 aromatic rings. The fourth-order valence-corrected chi connectivity index (χ4v) is 3.21. The van der Waals surface area contributed by atoms with Crippen molar-refractivity contribution in [2.24, 2.45) is 7.05 Å². The summed E-state index contributed by atoms with van der Waals surface area (Å²) in [5, 5.41) is 3.64. The number of halogens is 2. The Hall–Kier alpha value is -2.84. The first-order chi connectivity index (χ1) is 13.8. The average Bonchev–Trinajstić information content (AvgIpc) is 2.71. The molecule has 0 fully saturated rings. The van der Waals surface area contributed by atoms with Crippen molar-refractivity contribution in [2.45, 2.75) is 6.42 Å². The number of hydrogen-bond donors (Lipinski definition) is 1. The molecule has 0 unspecified atom stereocenters. The summed E-state index contributed by atoms with van der Waals surface area (Å²) in [6.45, 7) is -0.261. The largest absolute Gasteiger partial charge is 0.495 e. The number of nitrogens with zero attached hydrogens (tertiary/aromatic N) is 3. The summed E-state index contributed by atoms with van der Waals surface area (Å²) in [4.78, 5) is 32.1. The number of carbonyl (C=O) groups excluding carboxylic acids is 1. The molecule has 152 valence electrons. The number of methoxy groups -OCH3 is 1. The minimum absolute atomic E-state index is 0.0610. The molecule has 0 saturated heterocycles. The molecule has 0 aliphatic heterocycles. The Labute approximate surface area is 176 Å². The molecular weight excluding hydrogens is 419 g/mol. The van der Waals surface area contributed by atoms with Crippen molar-refractivity contribution in [1.82, 2.24) is 19.9 Å². The number of fused-ring (bicyclic) bond motifs is 1. The molecule has 8 nitrogen and oxygen atoms in total. The van der Waals surface area contributed by atoms with E-state index in [2.05, 4.69) is 15.3 Å². The first-order valence-electron chi connectivity index (χ1n) is 8.55. The van der Waals surface area contributed by atoms with E-state index >= 15 is 0 Å². The van der Waals surface area contributed by atoms with Crippen LogP contribution in [0.5, 0.6) is 11.5 Å². The number of ether oxygens (including phenoxy) is 2. The molecule has 2 aromatic heterocycles. The van der Waals surface area contributed by atoms with E-state index in [4.69, 9.17) is 32.7 Å². The van der Waals surface area contributed by atoms with Gasteiger partial charge in [-0.1, -0.05) is 11.6 Å². The molecule has 1 aromatic carbocycles. The number of aryl methyl sites for hydroxylation is 1. The van der Waals surface area contributed by atoms with Crippen molar-refractivity contribution in [3.63, 3.8) is 0 Å². The van der Waals surface area contributed by atoms with Crippen LogP contribution in [-0.2, 0) is 18.3 Å². The summed E-state index contributed by atoms with van der Waals surface area (Å²) in [5.74, 6) is 0.228. The van der Waals surface area contributed by atoms with Gasteiger partial charge in [0.05, 0.1) is 29.5 Å². The maximum atomic E-state index is 12.6. The van der Waals surface area contributed by atoms with Gasteiger partial charge in [-0.3, -0.25) is 9.59 Å². The second-order valence-corrected chi connectivity index (χ2v) is 6.93. The standard InChI is InChI=1S/C19H18Cl2N4O4/c1-22-16(26)9-29-15-7-11-4-10(5-13-12(20)8-23-19(21)24-13)6-14(28-3)17(11)25(2)18(15)27/h4,6-8H,5,9H2,1-3H3,(H,22,26). The lowest BCUT2D eigenvalue weighted by molar-refractivity contribution is -0.122. The second-order valence-electron chi connectivity index (χ2n) is 6.18. The van der Waals surface area contributed by atoms with Crippen molar-refractivity contribution in [2.75, 3.05) is 20.8 Å². The molecule has 0 aliphatic rings. The molecule has 29 heavy (non-hydrogen) atoms. The molecule has 0 aliphatic carbocycles. The number of pyridine rings is 1. The normalized spacial score (nSPS) is 10.8. The summed E-state index contributed by atoms with van der Waals surface area (Å²) < 4.78 is 12.3. The highest BCUT2D eigenvalue weighted by Gasteiger charge is 2.15. The van der Waals surface area contributed by atoms with Crippen LogP contribution in [0, 0.1) is 0 Å². The Kier molecular flexibility index (Phi) is 6.24. The van der Waals surface area contributed by atoms with Gasteiger partial charge in [-0.25, -0.2) is 9.97 Å². The molecule has 0 saturated carbocycles. The van der Waals surface area contributed by atoms with Gasteiger partial charge >= 0.3 is 0 Å². The molecule has 2 heterocycles. The Morgan fingerprint density at radius 1 is 1.24 bits per heavy atom. The van der Waals surface area contributed by atoms with E-state index in [0.717, 1.165) is 5.56 Å². The van der Waals surface area contributed by atoms with E-state index in [-0.39, 0.29) is 29.1 Å². The Balaban J connectivity index is 2.09. The first kappa shape index (κ1) is 20.9. The predicted molar refractivity (Wildman–Crippen MR) is 110 cm³/mol. The monoisotopic (exact) mass is 436 g/mol. The van der Waals surface area contributed by atoms with Gasteiger partial charge in [-0.05, 0) is 35.4 Å². The van der Waals surface area contributed by atoms with Crippen molar-refractivity contribution in [1.29, 1.82) is 0 Å². The number of amides is 1. The summed E-state index contributed by atoms with van der Waals surface area (Å²) in [7, 11) is 4.63. The number of aromatic nitrogens is 3. The molecule has 0 atom stereocenters. The second kappa shape index (κ2) is 8.67. The Morgan fingerprint density at radius 2 is 2.00 bits per heavy atom. The highest BCUT2D eigenvalue weighted by atomic mass is 35.5. The Morgan fingerprint density at radius 3 is 2.69 bits per heavy atom. The van der Waals surface area contributed by atoms with Gasteiger partial charge < -0.3 is 19.4 Å². The first-order valence-corrected chi connectivity index (χ1v) is 9.30. The third-order valence-corrected chi connectivity index (χ3v) is 4.82. The van der Waals surface area contributed by atoms with Crippen LogP contribution in [-0.4, -0.2) is 41.2 Å². The molecule has 10 heteroatoms. The van der Waals surface area contributed by atoms with Crippen molar-refractivity contribution >= 4 is 40.0 Å². The predicted octanol–water partition coefficient (Wildman–Crippen LogP) is 2.36. The molecule has 1 amide bonds. The quantitative estimate of drug-likeness (QED) is 0.595. The van der Waals surface area contributed by atoms with Gasteiger partial charge in [0, 0.05) is 25.9 Å². The zero-order valence-electron chi connectivity index (χ0n) is 16.0. The van der Waals surface area contributed by atoms with Gasteiger partial charge in [0.25, 0.3) is 11.5 Å². The zero-order chi connectivity index (χ0) is 21.1. The Bertz CT molecular complexity index is 1150. The van der Waals surface area contributed by atoms with Crippen LogP contribution in [0.4, 0.5) is 0 Å². The van der Waals surface area contributed by atoms with Gasteiger partial charge in [0.2, 0.25) is 5.28 Å². The fourth-order valence-electron chi connectivity index (χ4n) is 2.90. The van der Waals surface area contributed by atoms with Crippen molar-refractivity contribution < 1.29 is 14.3 Å². The maximum absolute atomic E-state index is 12.6. The van der Waals surface area contributed by atoms with Crippen LogP contribution in [0.2, 0.25) is 10.3 Å². The molecule has 0 spiro atoms. The SMILES string of the molecule is CNC(=O)COc1cc2cc(Cc3nc(Cl)ncc3Cl)cc(OC)c2n(C)c1=O. The fraction of sp³-hybridized carbons (Fsp3) is 0.263. The molecule has 0 radical (unpaired) electrons.